The first-order valence-corrected chi connectivity index (χ1v) is 14.4. The van der Waals surface area contributed by atoms with Gasteiger partial charge in [-0.3, -0.25) is 9.59 Å². The molecule has 1 atom stereocenters. The van der Waals surface area contributed by atoms with E-state index in [9.17, 15) is 9.59 Å². The molecule has 0 saturated heterocycles. The Labute approximate surface area is 235 Å². The van der Waals surface area contributed by atoms with Crippen LogP contribution in [0.4, 0.5) is 0 Å². The van der Waals surface area contributed by atoms with E-state index in [1.165, 1.54) is 6.42 Å². The van der Waals surface area contributed by atoms with Crippen molar-refractivity contribution in [2.24, 2.45) is 0 Å². The van der Waals surface area contributed by atoms with Gasteiger partial charge in [0.25, 0.3) is 0 Å². The standard InChI is InChI=1S/C31H38N2O5S/c1-36-25-12-7-9-23(20-25)30(31(35)32-24-10-5-4-6-11-24)33(29(34)21-26-13-8-18-39-26)17-16-22-14-15-27(37-2)28(19-22)38-3/h7-9,12-15,18-20,24,30H,4-6,10-11,16-17,21H2,1-3H3,(H,32,35)/t30-/m1/s1. The maximum atomic E-state index is 14.0. The molecule has 1 N–H and O–H groups in total. The van der Waals surface area contributed by atoms with Gasteiger partial charge in [0.2, 0.25) is 11.8 Å². The topological polar surface area (TPSA) is 77.1 Å². The first-order chi connectivity index (χ1) is 19.0. The van der Waals surface area contributed by atoms with Crippen molar-refractivity contribution in [1.29, 1.82) is 0 Å². The molecule has 2 aromatic carbocycles. The van der Waals surface area contributed by atoms with Crippen molar-refractivity contribution in [2.75, 3.05) is 27.9 Å². The van der Waals surface area contributed by atoms with E-state index in [1.807, 2.05) is 60.0 Å². The Balaban J connectivity index is 1.67. The van der Waals surface area contributed by atoms with Gasteiger partial charge in [0.05, 0.1) is 27.8 Å². The molecule has 208 valence electrons. The van der Waals surface area contributed by atoms with Gasteiger partial charge in [0.15, 0.2) is 11.5 Å². The third-order valence-corrected chi connectivity index (χ3v) is 8.11. The van der Waals surface area contributed by atoms with Crippen molar-refractivity contribution in [1.82, 2.24) is 10.2 Å². The molecule has 1 aliphatic carbocycles. The average Bonchev–Trinajstić information content (AvgIpc) is 3.48. The fourth-order valence-electron chi connectivity index (χ4n) is 5.16. The predicted molar refractivity (Wildman–Crippen MR) is 154 cm³/mol. The van der Waals surface area contributed by atoms with Crippen LogP contribution >= 0.6 is 11.3 Å². The quantitative estimate of drug-likeness (QED) is 0.319. The number of hydrogen-bond acceptors (Lipinski definition) is 6. The molecule has 1 aliphatic rings. The monoisotopic (exact) mass is 550 g/mol. The van der Waals surface area contributed by atoms with Crippen molar-refractivity contribution in [3.8, 4) is 17.2 Å². The van der Waals surface area contributed by atoms with Crippen LogP contribution in [0.1, 0.15) is 54.1 Å². The lowest BCUT2D eigenvalue weighted by Crippen LogP contribution is -2.48. The van der Waals surface area contributed by atoms with Crippen LogP contribution in [0.5, 0.6) is 17.2 Å². The van der Waals surface area contributed by atoms with E-state index in [-0.39, 0.29) is 24.3 Å². The van der Waals surface area contributed by atoms with Gasteiger partial charge in [0.1, 0.15) is 11.8 Å². The molecule has 0 unspecified atom stereocenters. The summed E-state index contributed by atoms with van der Waals surface area (Å²) in [4.78, 5) is 30.6. The number of methoxy groups -OCH3 is 3. The molecule has 39 heavy (non-hydrogen) atoms. The van der Waals surface area contributed by atoms with Crippen LogP contribution in [0.3, 0.4) is 0 Å². The summed E-state index contributed by atoms with van der Waals surface area (Å²) in [7, 11) is 4.81. The number of carbonyl (C=O) groups excluding carboxylic acids is 2. The molecular weight excluding hydrogens is 512 g/mol. The molecule has 0 radical (unpaired) electrons. The molecule has 7 nitrogen and oxygen atoms in total. The lowest BCUT2D eigenvalue weighted by Gasteiger charge is -2.33. The fourth-order valence-corrected chi connectivity index (χ4v) is 5.85. The minimum absolute atomic E-state index is 0.0930. The summed E-state index contributed by atoms with van der Waals surface area (Å²) in [5.41, 5.74) is 1.72. The van der Waals surface area contributed by atoms with Gasteiger partial charge in [-0.1, -0.05) is 43.5 Å². The van der Waals surface area contributed by atoms with E-state index in [1.54, 1.807) is 37.6 Å². The van der Waals surface area contributed by atoms with E-state index in [2.05, 4.69) is 5.32 Å². The number of ether oxygens (including phenoxy) is 3. The molecule has 1 aromatic heterocycles. The SMILES string of the molecule is COc1cccc([C@H](C(=O)NC2CCCCC2)N(CCc2ccc(OC)c(OC)c2)C(=O)Cc2cccs2)c1. The Bertz CT molecular complexity index is 1220. The van der Waals surface area contributed by atoms with Crippen molar-refractivity contribution in [3.05, 3.63) is 76.0 Å². The molecule has 0 aliphatic heterocycles. The van der Waals surface area contributed by atoms with E-state index < -0.39 is 6.04 Å². The highest BCUT2D eigenvalue weighted by Crippen LogP contribution is 2.30. The molecule has 1 fully saturated rings. The van der Waals surface area contributed by atoms with Crippen molar-refractivity contribution >= 4 is 23.2 Å². The highest BCUT2D eigenvalue weighted by atomic mass is 32.1. The Morgan fingerprint density at radius 1 is 0.949 bits per heavy atom. The van der Waals surface area contributed by atoms with E-state index in [0.717, 1.165) is 41.7 Å². The summed E-state index contributed by atoms with van der Waals surface area (Å²) in [6.45, 7) is 0.361. The van der Waals surface area contributed by atoms with Crippen molar-refractivity contribution in [2.45, 2.75) is 57.0 Å². The smallest absolute Gasteiger partial charge is 0.247 e. The maximum absolute atomic E-state index is 14.0. The zero-order valence-electron chi connectivity index (χ0n) is 23.0. The normalized spacial score (nSPS) is 14.3. The number of amides is 2. The van der Waals surface area contributed by atoms with E-state index in [0.29, 0.717) is 30.2 Å². The third-order valence-electron chi connectivity index (χ3n) is 7.24. The van der Waals surface area contributed by atoms with Gasteiger partial charge in [-0.15, -0.1) is 11.3 Å². The summed E-state index contributed by atoms with van der Waals surface area (Å²) in [5, 5.41) is 5.24. The second-order valence-electron chi connectivity index (χ2n) is 9.81. The highest BCUT2D eigenvalue weighted by Gasteiger charge is 2.33. The molecule has 1 heterocycles. The van der Waals surface area contributed by atoms with Gasteiger partial charge in [0, 0.05) is 17.5 Å². The highest BCUT2D eigenvalue weighted by molar-refractivity contribution is 7.10. The second kappa shape index (κ2) is 14.0. The molecule has 8 heteroatoms. The number of carbonyl (C=O) groups is 2. The van der Waals surface area contributed by atoms with Gasteiger partial charge in [-0.05, 0) is 66.1 Å². The Kier molecular flexibility index (Phi) is 10.3. The van der Waals surface area contributed by atoms with Crippen LogP contribution in [0, 0.1) is 0 Å². The Hall–Kier alpha value is -3.52. The fraction of sp³-hybridized carbons (Fsp3) is 0.419. The number of nitrogens with one attached hydrogen (secondary N) is 1. The van der Waals surface area contributed by atoms with Crippen LogP contribution in [0.25, 0.3) is 0 Å². The summed E-state index contributed by atoms with van der Waals surface area (Å²) in [6, 6.07) is 16.5. The summed E-state index contributed by atoms with van der Waals surface area (Å²) in [6.07, 6.45) is 6.12. The Morgan fingerprint density at radius 3 is 2.44 bits per heavy atom. The lowest BCUT2D eigenvalue weighted by molar-refractivity contribution is -0.140. The van der Waals surface area contributed by atoms with Crippen LogP contribution in [-0.2, 0) is 22.4 Å². The zero-order valence-corrected chi connectivity index (χ0v) is 23.8. The summed E-state index contributed by atoms with van der Waals surface area (Å²) < 4.78 is 16.3. The molecular formula is C31H38N2O5S. The Morgan fingerprint density at radius 2 is 1.74 bits per heavy atom. The number of nitrogens with zero attached hydrogens (tertiary/aromatic N) is 1. The second-order valence-corrected chi connectivity index (χ2v) is 10.8. The number of hydrogen-bond donors (Lipinski definition) is 1. The van der Waals surface area contributed by atoms with Gasteiger partial charge < -0.3 is 24.4 Å². The molecule has 1 saturated carbocycles. The zero-order chi connectivity index (χ0) is 27.6. The molecule has 3 aromatic rings. The van der Waals surface area contributed by atoms with Gasteiger partial charge in [-0.2, -0.15) is 0 Å². The first kappa shape index (κ1) is 28.5. The number of benzene rings is 2. The van der Waals surface area contributed by atoms with Crippen LogP contribution in [0.15, 0.2) is 60.0 Å². The first-order valence-electron chi connectivity index (χ1n) is 13.5. The largest absolute Gasteiger partial charge is 0.497 e. The van der Waals surface area contributed by atoms with Crippen LogP contribution in [0.2, 0.25) is 0 Å². The molecule has 0 bridgehead atoms. The van der Waals surface area contributed by atoms with Gasteiger partial charge in [-0.25, -0.2) is 0 Å². The minimum Gasteiger partial charge on any atom is -0.497 e. The van der Waals surface area contributed by atoms with Crippen LogP contribution in [-0.4, -0.2) is 50.6 Å². The lowest BCUT2D eigenvalue weighted by atomic mass is 9.94. The van der Waals surface area contributed by atoms with Crippen molar-refractivity contribution < 1.29 is 23.8 Å². The molecule has 0 spiro atoms. The summed E-state index contributed by atoms with van der Waals surface area (Å²) in [5.74, 6) is 1.68. The van der Waals surface area contributed by atoms with E-state index >= 15 is 0 Å². The average molecular weight is 551 g/mol. The molecule has 2 amide bonds. The predicted octanol–water partition coefficient (Wildman–Crippen LogP) is 5.58. The third kappa shape index (κ3) is 7.53. The number of thiophene rings is 1. The van der Waals surface area contributed by atoms with Crippen molar-refractivity contribution in [3.63, 3.8) is 0 Å². The molecule has 4 rings (SSSR count). The minimum atomic E-state index is -0.783. The van der Waals surface area contributed by atoms with E-state index in [4.69, 9.17) is 14.2 Å². The summed E-state index contributed by atoms with van der Waals surface area (Å²) >= 11 is 1.54. The number of rotatable bonds is 12. The van der Waals surface area contributed by atoms with Crippen LogP contribution < -0.4 is 19.5 Å². The van der Waals surface area contributed by atoms with Gasteiger partial charge >= 0.3 is 0 Å². The maximum Gasteiger partial charge on any atom is 0.247 e.